The number of amides is 1. The third kappa shape index (κ3) is 2.31. The molecule has 0 N–H and O–H groups in total. The number of carbonyl (C=O) groups is 1. The van der Waals surface area contributed by atoms with Gasteiger partial charge in [-0.2, -0.15) is 0 Å². The molecule has 0 saturated carbocycles. The maximum atomic E-state index is 11.8. The Morgan fingerprint density at radius 2 is 2.25 bits per heavy atom. The largest absolute Gasteiger partial charge is 0.493 e. The molecule has 0 aromatic carbocycles. The van der Waals surface area contributed by atoms with Gasteiger partial charge in [0.15, 0.2) is 0 Å². The molecule has 2 heterocycles. The van der Waals surface area contributed by atoms with Crippen LogP contribution in [0, 0.1) is 0 Å². The van der Waals surface area contributed by atoms with E-state index in [0.717, 1.165) is 19.4 Å². The summed E-state index contributed by atoms with van der Waals surface area (Å²) in [5.74, 6) is 0. The minimum Gasteiger partial charge on any atom is -0.493 e. The molecule has 4 nitrogen and oxygen atoms in total. The van der Waals surface area contributed by atoms with E-state index in [4.69, 9.17) is 9.47 Å². The number of hydrogen-bond donors (Lipinski definition) is 0. The average Bonchev–Trinajstić information content (AvgIpc) is 2.74. The Bertz CT molecular complexity index is 309. The molecule has 2 aliphatic heterocycles. The normalized spacial score (nSPS) is 28.6. The first-order valence-electron chi connectivity index (χ1n) is 5.71. The average molecular weight is 225 g/mol. The highest BCUT2D eigenvalue weighted by atomic mass is 16.6. The summed E-state index contributed by atoms with van der Waals surface area (Å²) in [6, 6.07) is 0. The zero-order valence-corrected chi connectivity index (χ0v) is 10.2. The third-order valence-corrected chi connectivity index (χ3v) is 2.87. The van der Waals surface area contributed by atoms with Crippen LogP contribution in [0.15, 0.2) is 12.3 Å². The number of carbonyl (C=O) groups excluding carboxylic acids is 1. The molecule has 0 radical (unpaired) electrons. The lowest BCUT2D eigenvalue weighted by atomic mass is 10.0. The van der Waals surface area contributed by atoms with Crippen LogP contribution in [0.25, 0.3) is 0 Å². The van der Waals surface area contributed by atoms with Gasteiger partial charge < -0.3 is 14.4 Å². The van der Waals surface area contributed by atoms with Crippen LogP contribution in [0.1, 0.15) is 33.6 Å². The van der Waals surface area contributed by atoms with Crippen molar-refractivity contribution in [1.29, 1.82) is 0 Å². The monoisotopic (exact) mass is 225 g/mol. The molecule has 1 spiro atoms. The predicted molar refractivity (Wildman–Crippen MR) is 60.0 cm³/mol. The number of rotatable bonds is 0. The Balaban J connectivity index is 1.91. The van der Waals surface area contributed by atoms with Crippen LogP contribution in [0.4, 0.5) is 4.79 Å². The van der Waals surface area contributed by atoms with Crippen molar-refractivity contribution in [3.05, 3.63) is 12.3 Å². The molecule has 4 heteroatoms. The van der Waals surface area contributed by atoms with Gasteiger partial charge in [0.2, 0.25) is 0 Å². The van der Waals surface area contributed by atoms with E-state index in [2.05, 4.69) is 0 Å². The van der Waals surface area contributed by atoms with Crippen molar-refractivity contribution in [3.63, 3.8) is 0 Å². The van der Waals surface area contributed by atoms with Gasteiger partial charge in [-0.15, -0.1) is 0 Å². The van der Waals surface area contributed by atoms with E-state index in [-0.39, 0.29) is 11.7 Å². The molecule has 0 aliphatic carbocycles. The molecule has 90 valence electrons. The summed E-state index contributed by atoms with van der Waals surface area (Å²) < 4.78 is 10.9. The van der Waals surface area contributed by atoms with Gasteiger partial charge in [-0.05, 0) is 26.8 Å². The molecule has 16 heavy (non-hydrogen) atoms. The van der Waals surface area contributed by atoms with Crippen LogP contribution in [0.5, 0.6) is 0 Å². The van der Waals surface area contributed by atoms with Gasteiger partial charge >= 0.3 is 6.09 Å². The molecule has 2 aliphatic rings. The van der Waals surface area contributed by atoms with Crippen molar-refractivity contribution in [2.24, 2.45) is 0 Å². The van der Waals surface area contributed by atoms with Crippen molar-refractivity contribution in [3.8, 4) is 0 Å². The fourth-order valence-electron chi connectivity index (χ4n) is 2.09. The van der Waals surface area contributed by atoms with Gasteiger partial charge in [0, 0.05) is 19.4 Å². The standard InChI is InChI=1S/C12H19NO3/c1-11(2,3)16-10(14)13-7-6-12(9-13)5-4-8-15-12/h4,8H,5-7,9H2,1-3H3. The van der Waals surface area contributed by atoms with Crippen molar-refractivity contribution in [2.45, 2.75) is 44.8 Å². The smallest absolute Gasteiger partial charge is 0.410 e. The van der Waals surface area contributed by atoms with Crippen LogP contribution < -0.4 is 0 Å². The zero-order chi connectivity index (χ0) is 11.8. The maximum absolute atomic E-state index is 11.8. The molecule has 1 fully saturated rings. The van der Waals surface area contributed by atoms with Crippen LogP contribution in [-0.2, 0) is 9.47 Å². The SMILES string of the molecule is CC(C)(C)OC(=O)N1CCC2(CC=CO2)C1. The minimum absolute atomic E-state index is 0.170. The number of ether oxygens (including phenoxy) is 2. The quantitative estimate of drug-likeness (QED) is 0.635. The van der Waals surface area contributed by atoms with Crippen molar-refractivity contribution < 1.29 is 14.3 Å². The summed E-state index contributed by atoms with van der Waals surface area (Å²) in [4.78, 5) is 13.6. The van der Waals surface area contributed by atoms with E-state index in [9.17, 15) is 4.79 Å². The molecule has 2 rings (SSSR count). The summed E-state index contributed by atoms with van der Waals surface area (Å²) >= 11 is 0. The van der Waals surface area contributed by atoms with Crippen LogP contribution in [-0.4, -0.2) is 35.3 Å². The topological polar surface area (TPSA) is 38.8 Å². The highest BCUT2D eigenvalue weighted by molar-refractivity contribution is 5.68. The molecule has 1 unspecified atom stereocenters. The van der Waals surface area contributed by atoms with Crippen LogP contribution in [0.2, 0.25) is 0 Å². The fraction of sp³-hybridized carbons (Fsp3) is 0.750. The van der Waals surface area contributed by atoms with Gasteiger partial charge in [-0.1, -0.05) is 0 Å². The second-order valence-corrected chi connectivity index (χ2v) is 5.53. The predicted octanol–water partition coefficient (Wildman–Crippen LogP) is 2.30. The van der Waals surface area contributed by atoms with Crippen molar-refractivity contribution >= 4 is 6.09 Å². The first-order valence-corrected chi connectivity index (χ1v) is 5.71. The van der Waals surface area contributed by atoms with E-state index in [0.29, 0.717) is 6.54 Å². The summed E-state index contributed by atoms with van der Waals surface area (Å²) in [7, 11) is 0. The maximum Gasteiger partial charge on any atom is 0.410 e. The van der Waals surface area contributed by atoms with Gasteiger partial charge in [0.25, 0.3) is 0 Å². The summed E-state index contributed by atoms with van der Waals surface area (Å²) in [6.45, 7) is 6.99. The lowest BCUT2D eigenvalue weighted by molar-refractivity contribution is 0.0168. The lowest BCUT2D eigenvalue weighted by Crippen LogP contribution is -2.38. The Labute approximate surface area is 96.2 Å². The van der Waals surface area contributed by atoms with Crippen LogP contribution in [0.3, 0.4) is 0 Å². The molecule has 0 bridgehead atoms. The molecular formula is C12H19NO3. The van der Waals surface area contributed by atoms with E-state index >= 15 is 0 Å². The molecule has 1 amide bonds. The van der Waals surface area contributed by atoms with E-state index in [1.54, 1.807) is 11.2 Å². The zero-order valence-electron chi connectivity index (χ0n) is 10.2. The molecule has 1 saturated heterocycles. The fourth-order valence-corrected chi connectivity index (χ4v) is 2.09. The Morgan fingerprint density at radius 1 is 1.50 bits per heavy atom. The Morgan fingerprint density at radius 3 is 2.81 bits per heavy atom. The van der Waals surface area contributed by atoms with E-state index in [1.165, 1.54) is 0 Å². The second kappa shape index (κ2) is 3.68. The summed E-state index contributed by atoms with van der Waals surface area (Å²) in [6.07, 6.45) is 5.29. The molecular weight excluding hydrogens is 206 g/mol. The van der Waals surface area contributed by atoms with Gasteiger partial charge in [-0.3, -0.25) is 0 Å². The van der Waals surface area contributed by atoms with E-state index in [1.807, 2.05) is 26.8 Å². The second-order valence-electron chi connectivity index (χ2n) is 5.53. The van der Waals surface area contributed by atoms with Crippen LogP contribution >= 0.6 is 0 Å². The summed E-state index contributed by atoms with van der Waals surface area (Å²) in [5, 5.41) is 0. The highest BCUT2D eigenvalue weighted by Crippen LogP contribution is 2.33. The van der Waals surface area contributed by atoms with E-state index < -0.39 is 5.60 Å². The van der Waals surface area contributed by atoms with Gasteiger partial charge in [0.05, 0.1) is 12.8 Å². The number of hydrogen-bond acceptors (Lipinski definition) is 3. The minimum atomic E-state index is -0.429. The van der Waals surface area contributed by atoms with Crippen molar-refractivity contribution in [2.75, 3.05) is 13.1 Å². The first kappa shape index (κ1) is 11.3. The Kier molecular flexibility index (Phi) is 2.60. The van der Waals surface area contributed by atoms with Crippen molar-refractivity contribution in [1.82, 2.24) is 4.90 Å². The molecule has 0 aromatic rings. The third-order valence-electron chi connectivity index (χ3n) is 2.87. The Hall–Kier alpha value is -1.19. The number of likely N-dealkylation sites (tertiary alicyclic amines) is 1. The number of nitrogens with zero attached hydrogens (tertiary/aromatic N) is 1. The van der Waals surface area contributed by atoms with Gasteiger partial charge in [-0.25, -0.2) is 4.79 Å². The lowest BCUT2D eigenvalue weighted by Gasteiger charge is -2.26. The highest BCUT2D eigenvalue weighted by Gasteiger charge is 2.43. The molecule has 1 atom stereocenters. The summed E-state index contributed by atoms with van der Waals surface area (Å²) in [5.41, 5.74) is -0.599. The van der Waals surface area contributed by atoms with Gasteiger partial charge in [0.1, 0.15) is 11.2 Å². The molecule has 0 aromatic heterocycles. The first-order chi connectivity index (χ1) is 7.40.